The van der Waals surface area contributed by atoms with E-state index in [0.29, 0.717) is 20.1 Å². The monoisotopic (exact) mass is 584 g/mol. The molecular weight excluding hydrogens is 564 g/mol. The van der Waals surface area contributed by atoms with Gasteiger partial charge >= 0.3 is 0 Å². The Labute approximate surface area is 214 Å². The highest BCUT2D eigenvalue weighted by atomic mass is 79.9. The van der Waals surface area contributed by atoms with Crippen molar-refractivity contribution in [3.05, 3.63) is 90.2 Å². The van der Waals surface area contributed by atoms with Gasteiger partial charge in [-0.05, 0) is 120 Å². The Balaban J connectivity index is 1.84. The number of hydrogen-bond acceptors (Lipinski definition) is 4. The van der Waals surface area contributed by atoms with E-state index in [1.165, 1.54) is 17.3 Å². The van der Waals surface area contributed by atoms with E-state index in [2.05, 4.69) is 38.8 Å². The second-order valence-corrected chi connectivity index (χ2v) is 10.8. The van der Waals surface area contributed by atoms with Gasteiger partial charge in [0.2, 0.25) is 0 Å². The molecule has 7 heteroatoms. The van der Waals surface area contributed by atoms with Gasteiger partial charge in [0.1, 0.15) is 5.75 Å². The first-order chi connectivity index (χ1) is 15.6. The van der Waals surface area contributed by atoms with Crippen molar-refractivity contribution in [2.24, 2.45) is 4.99 Å². The molecule has 0 bridgehead atoms. The van der Waals surface area contributed by atoms with Crippen molar-refractivity contribution in [3.63, 3.8) is 0 Å². The number of rotatable bonds is 3. The topological polar surface area (TPSA) is 52.9 Å². The van der Waals surface area contributed by atoms with E-state index in [9.17, 15) is 9.90 Å². The van der Waals surface area contributed by atoms with Crippen LogP contribution < -0.4 is 4.90 Å². The van der Waals surface area contributed by atoms with Crippen LogP contribution in [0.25, 0.3) is 6.08 Å². The number of aliphatic imine (C=N–C) groups is 1. The number of carbonyl (C=O) groups excluding carboxylic acids is 1. The molecule has 0 atom stereocenters. The molecule has 33 heavy (non-hydrogen) atoms. The average Bonchev–Trinajstić information content (AvgIpc) is 3.05. The standard InChI is InChI=1S/C26H22Br2N2O2S/c1-14-5-7-20(9-16(14)3)29-26-30(21-8-6-15(2)17(4)10-21)25(32)23(33-26)12-18-11-19(27)13-22(28)24(18)31/h5-13,31H,1-4H3/b23-12-,29-26?. The highest BCUT2D eigenvalue weighted by molar-refractivity contribution is 9.11. The minimum absolute atomic E-state index is 0.0800. The van der Waals surface area contributed by atoms with Crippen LogP contribution in [-0.4, -0.2) is 16.2 Å². The summed E-state index contributed by atoms with van der Waals surface area (Å²) in [5.74, 6) is -0.0993. The number of hydrogen-bond donors (Lipinski definition) is 1. The summed E-state index contributed by atoms with van der Waals surface area (Å²) in [6.07, 6.45) is 1.70. The van der Waals surface area contributed by atoms with E-state index in [4.69, 9.17) is 4.99 Å². The Morgan fingerprint density at radius 1 is 0.909 bits per heavy atom. The summed E-state index contributed by atoms with van der Waals surface area (Å²) in [5, 5.41) is 11.1. The van der Waals surface area contributed by atoms with E-state index in [1.807, 2.05) is 57.2 Å². The highest BCUT2D eigenvalue weighted by Crippen LogP contribution is 2.40. The summed E-state index contributed by atoms with van der Waals surface area (Å²) in [6, 6.07) is 15.5. The molecule has 1 fully saturated rings. The molecule has 0 saturated carbocycles. The zero-order valence-corrected chi connectivity index (χ0v) is 22.6. The Bertz CT molecular complexity index is 1350. The number of phenolic OH excluding ortho intramolecular Hbond substituents is 1. The van der Waals surface area contributed by atoms with Crippen LogP contribution in [0.2, 0.25) is 0 Å². The molecule has 3 aromatic rings. The maximum Gasteiger partial charge on any atom is 0.271 e. The Morgan fingerprint density at radius 3 is 2.24 bits per heavy atom. The third-order valence-corrected chi connectivity index (χ3v) is 7.65. The second kappa shape index (κ2) is 9.49. The molecule has 4 rings (SSSR count). The van der Waals surface area contributed by atoms with Crippen LogP contribution in [0.4, 0.5) is 11.4 Å². The van der Waals surface area contributed by atoms with Gasteiger partial charge in [-0.2, -0.15) is 0 Å². The Hall–Kier alpha value is -2.35. The number of amides is 1. The molecule has 0 aromatic heterocycles. The van der Waals surface area contributed by atoms with Crippen LogP contribution in [-0.2, 0) is 4.79 Å². The molecule has 3 aromatic carbocycles. The number of nitrogens with zero attached hydrogens (tertiary/aromatic N) is 2. The summed E-state index contributed by atoms with van der Waals surface area (Å²) < 4.78 is 1.35. The lowest BCUT2D eigenvalue weighted by molar-refractivity contribution is -0.113. The number of aryl methyl sites for hydroxylation is 4. The molecule has 168 valence electrons. The largest absolute Gasteiger partial charge is 0.506 e. The zero-order valence-electron chi connectivity index (χ0n) is 18.6. The number of benzene rings is 3. The molecule has 1 heterocycles. The summed E-state index contributed by atoms with van der Waals surface area (Å²) in [5.41, 5.74) is 6.68. The number of anilines is 1. The van der Waals surface area contributed by atoms with Crippen LogP contribution in [0.15, 0.2) is 67.4 Å². The number of halogens is 2. The molecule has 0 spiro atoms. The van der Waals surface area contributed by atoms with Crippen LogP contribution in [0.3, 0.4) is 0 Å². The number of carbonyl (C=O) groups is 1. The van der Waals surface area contributed by atoms with E-state index >= 15 is 0 Å². The van der Waals surface area contributed by atoms with Crippen molar-refractivity contribution < 1.29 is 9.90 Å². The molecular formula is C26H22Br2N2O2S. The predicted molar refractivity (Wildman–Crippen MR) is 145 cm³/mol. The number of aromatic hydroxyl groups is 1. The van der Waals surface area contributed by atoms with Gasteiger partial charge < -0.3 is 5.11 Å². The van der Waals surface area contributed by atoms with Crippen molar-refractivity contribution in [1.82, 2.24) is 0 Å². The quantitative estimate of drug-likeness (QED) is 0.317. The number of phenols is 1. The number of amidine groups is 1. The van der Waals surface area contributed by atoms with Crippen LogP contribution in [0.5, 0.6) is 5.75 Å². The van der Waals surface area contributed by atoms with E-state index < -0.39 is 0 Å². The lowest BCUT2D eigenvalue weighted by Crippen LogP contribution is -2.28. The van der Waals surface area contributed by atoms with Crippen molar-refractivity contribution in [2.75, 3.05) is 4.90 Å². The molecule has 4 nitrogen and oxygen atoms in total. The van der Waals surface area contributed by atoms with Gasteiger partial charge in [-0.15, -0.1) is 0 Å². The SMILES string of the molecule is Cc1ccc(N=C2S/C(=C\c3cc(Br)cc(Br)c3O)C(=O)N2c2ccc(C)c(C)c2)cc1C. The van der Waals surface area contributed by atoms with Crippen molar-refractivity contribution in [2.45, 2.75) is 27.7 Å². The maximum absolute atomic E-state index is 13.6. The smallest absolute Gasteiger partial charge is 0.271 e. The molecule has 1 aliphatic heterocycles. The molecule has 0 radical (unpaired) electrons. The minimum Gasteiger partial charge on any atom is -0.506 e. The molecule has 0 aliphatic carbocycles. The average molecular weight is 586 g/mol. The highest BCUT2D eigenvalue weighted by Gasteiger charge is 2.35. The first-order valence-electron chi connectivity index (χ1n) is 10.3. The lowest BCUT2D eigenvalue weighted by Gasteiger charge is -2.17. The first-order valence-corrected chi connectivity index (χ1v) is 12.7. The maximum atomic E-state index is 13.6. The van der Waals surface area contributed by atoms with Crippen LogP contribution in [0.1, 0.15) is 27.8 Å². The van der Waals surface area contributed by atoms with Crippen LogP contribution in [0, 0.1) is 27.7 Å². The normalized spacial score (nSPS) is 16.3. The molecule has 1 amide bonds. The predicted octanol–water partition coefficient (Wildman–Crippen LogP) is 7.96. The molecule has 0 unspecified atom stereocenters. The van der Waals surface area contributed by atoms with E-state index in [0.717, 1.165) is 32.5 Å². The van der Waals surface area contributed by atoms with Crippen molar-refractivity contribution in [1.29, 1.82) is 0 Å². The minimum atomic E-state index is -0.179. The van der Waals surface area contributed by atoms with Crippen molar-refractivity contribution >= 4 is 72.1 Å². The fourth-order valence-corrected chi connectivity index (χ4v) is 5.63. The second-order valence-electron chi connectivity index (χ2n) is 8.01. The summed E-state index contributed by atoms with van der Waals surface area (Å²) in [7, 11) is 0. The van der Waals surface area contributed by atoms with E-state index in [1.54, 1.807) is 23.1 Å². The molecule has 1 N–H and O–H groups in total. The van der Waals surface area contributed by atoms with Gasteiger partial charge in [-0.3, -0.25) is 9.69 Å². The van der Waals surface area contributed by atoms with Gasteiger partial charge in [0.05, 0.1) is 20.8 Å². The number of thioether (sulfide) groups is 1. The molecule has 1 aliphatic rings. The summed E-state index contributed by atoms with van der Waals surface area (Å²) >= 11 is 8.10. The van der Waals surface area contributed by atoms with Crippen molar-refractivity contribution in [3.8, 4) is 5.75 Å². The summed E-state index contributed by atoms with van der Waals surface area (Å²) in [4.78, 5) is 20.5. The lowest BCUT2D eigenvalue weighted by atomic mass is 10.1. The Morgan fingerprint density at radius 2 is 1.58 bits per heavy atom. The summed E-state index contributed by atoms with van der Waals surface area (Å²) in [6.45, 7) is 8.18. The third-order valence-electron chi connectivity index (χ3n) is 5.61. The Kier molecular flexibility index (Phi) is 6.84. The van der Waals surface area contributed by atoms with Crippen LogP contribution >= 0.6 is 43.6 Å². The van der Waals surface area contributed by atoms with E-state index in [-0.39, 0.29) is 11.7 Å². The van der Waals surface area contributed by atoms with Gasteiger partial charge in [-0.25, -0.2) is 4.99 Å². The van der Waals surface area contributed by atoms with Gasteiger partial charge in [0, 0.05) is 10.0 Å². The van der Waals surface area contributed by atoms with Gasteiger partial charge in [0.25, 0.3) is 5.91 Å². The van der Waals surface area contributed by atoms with Gasteiger partial charge in [0.15, 0.2) is 5.17 Å². The van der Waals surface area contributed by atoms with Gasteiger partial charge in [-0.1, -0.05) is 28.1 Å². The fraction of sp³-hybridized carbons (Fsp3) is 0.154. The zero-order chi connectivity index (χ0) is 23.9. The first kappa shape index (κ1) is 23.8. The third kappa shape index (κ3) is 4.95. The fourth-order valence-electron chi connectivity index (χ4n) is 3.38. The molecule has 1 saturated heterocycles.